The zero-order chi connectivity index (χ0) is 11.0. The molecule has 0 saturated carbocycles. The summed E-state index contributed by atoms with van der Waals surface area (Å²) in [5, 5.41) is 3.40. The van der Waals surface area contributed by atoms with Crippen molar-refractivity contribution in [2.75, 3.05) is 19.8 Å². The van der Waals surface area contributed by atoms with Crippen molar-refractivity contribution in [3.05, 3.63) is 0 Å². The Morgan fingerprint density at radius 2 is 1.86 bits per heavy atom. The largest absolute Gasteiger partial charge is 0.380 e. The molecule has 0 aromatic heterocycles. The fraction of sp³-hybridized carbons (Fsp3) is 1.00. The summed E-state index contributed by atoms with van der Waals surface area (Å²) in [5.41, 5.74) is 0.393. The molecule has 0 amide bonds. The first-order valence-electron chi connectivity index (χ1n) is 5.77. The minimum Gasteiger partial charge on any atom is -0.380 e. The fourth-order valence-corrected chi connectivity index (χ4v) is 1.00. The van der Waals surface area contributed by atoms with E-state index in [4.69, 9.17) is 4.74 Å². The highest BCUT2D eigenvalue weighted by Crippen LogP contribution is 2.17. The van der Waals surface area contributed by atoms with Crippen LogP contribution < -0.4 is 5.32 Å². The zero-order valence-corrected chi connectivity index (χ0v) is 10.5. The molecule has 2 heteroatoms. The van der Waals surface area contributed by atoms with E-state index in [0.29, 0.717) is 11.5 Å². The van der Waals surface area contributed by atoms with Gasteiger partial charge >= 0.3 is 0 Å². The number of hydrogen-bond acceptors (Lipinski definition) is 2. The Balaban J connectivity index is 3.14. The van der Waals surface area contributed by atoms with E-state index < -0.39 is 0 Å². The molecule has 2 nitrogen and oxygen atoms in total. The van der Waals surface area contributed by atoms with Gasteiger partial charge in [-0.2, -0.15) is 0 Å². The summed E-state index contributed by atoms with van der Waals surface area (Å²) in [6.45, 7) is 13.8. The minimum atomic E-state index is 0.393. The summed E-state index contributed by atoms with van der Waals surface area (Å²) in [4.78, 5) is 0. The molecule has 14 heavy (non-hydrogen) atoms. The van der Waals surface area contributed by atoms with Crippen molar-refractivity contribution >= 4 is 0 Å². The van der Waals surface area contributed by atoms with Crippen LogP contribution in [0.2, 0.25) is 0 Å². The van der Waals surface area contributed by atoms with Crippen LogP contribution in [-0.2, 0) is 4.74 Å². The Morgan fingerprint density at radius 3 is 2.36 bits per heavy atom. The van der Waals surface area contributed by atoms with Crippen molar-refractivity contribution < 1.29 is 4.74 Å². The molecule has 1 N–H and O–H groups in total. The molecular weight excluding hydrogens is 174 g/mol. The molecule has 0 spiro atoms. The maximum atomic E-state index is 5.54. The van der Waals surface area contributed by atoms with Gasteiger partial charge in [0.2, 0.25) is 0 Å². The predicted octanol–water partition coefficient (Wildman–Crippen LogP) is 2.83. The molecule has 0 aliphatic rings. The first-order chi connectivity index (χ1) is 6.45. The standard InChI is InChI=1S/C12H27NO/c1-6-11(2)13-8-10-14-9-7-12(3,4)5/h11,13H,6-10H2,1-5H3. The van der Waals surface area contributed by atoms with E-state index in [1.807, 2.05) is 0 Å². The molecule has 0 aromatic rings. The van der Waals surface area contributed by atoms with Crippen molar-refractivity contribution in [3.8, 4) is 0 Å². The van der Waals surface area contributed by atoms with Gasteiger partial charge in [-0.05, 0) is 25.2 Å². The second kappa shape index (κ2) is 7.24. The van der Waals surface area contributed by atoms with Gasteiger partial charge in [0, 0.05) is 19.2 Å². The Kier molecular flexibility index (Phi) is 7.20. The lowest BCUT2D eigenvalue weighted by Gasteiger charge is -2.18. The van der Waals surface area contributed by atoms with Gasteiger partial charge in [-0.3, -0.25) is 0 Å². The summed E-state index contributed by atoms with van der Waals surface area (Å²) in [5.74, 6) is 0. The Hall–Kier alpha value is -0.0800. The fourth-order valence-electron chi connectivity index (χ4n) is 1.00. The molecule has 0 aliphatic heterocycles. The average Bonchev–Trinajstić information content (AvgIpc) is 2.08. The van der Waals surface area contributed by atoms with Crippen molar-refractivity contribution in [1.29, 1.82) is 0 Å². The molecular formula is C12H27NO. The zero-order valence-electron chi connectivity index (χ0n) is 10.5. The normalized spacial score (nSPS) is 14.4. The Morgan fingerprint density at radius 1 is 1.21 bits per heavy atom. The van der Waals surface area contributed by atoms with E-state index in [9.17, 15) is 0 Å². The molecule has 86 valence electrons. The molecule has 0 fully saturated rings. The van der Waals surface area contributed by atoms with E-state index in [1.54, 1.807) is 0 Å². The smallest absolute Gasteiger partial charge is 0.0591 e. The van der Waals surface area contributed by atoms with Gasteiger partial charge in [0.05, 0.1) is 6.61 Å². The van der Waals surface area contributed by atoms with Crippen molar-refractivity contribution in [3.63, 3.8) is 0 Å². The van der Waals surface area contributed by atoms with E-state index in [-0.39, 0.29) is 0 Å². The molecule has 0 saturated heterocycles. The first kappa shape index (κ1) is 13.9. The van der Waals surface area contributed by atoms with Crippen LogP contribution in [0.3, 0.4) is 0 Å². The van der Waals surface area contributed by atoms with Crippen molar-refractivity contribution in [1.82, 2.24) is 5.32 Å². The monoisotopic (exact) mass is 201 g/mol. The number of nitrogens with one attached hydrogen (secondary N) is 1. The molecule has 1 atom stereocenters. The summed E-state index contributed by atoms with van der Waals surface area (Å²) < 4.78 is 5.54. The number of hydrogen-bond donors (Lipinski definition) is 1. The molecule has 0 aliphatic carbocycles. The lowest BCUT2D eigenvalue weighted by atomic mass is 9.93. The van der Waals surface area contributed by atoms with Crippen LogP contribution in [0.25, 0.3) is 0 Å². The van der Waals surface area contributed by atoms with Gasteiger partial charge in [-0.25, -0.2) is 0 Å². The molecule has 0 bridgehead atoms. The summed E-state index contributed by atoms with van der Waals surface area (Å²) in [6.07, 6.45) is 2.32. The van der Waals surface area contributed by atoms with Gasteiger partial charge in [0.15, 0.2) is 0 Å². The lowest BCUT2D eigenvalue weighted by Crippen LogP contribution is -2.29. The third-order valence-electron chi connectivity index (χ3n) is 2.35. The number of rotatable bonds is 7. The van der Waals surface area contributed by atoms with Gasteiger partial charge in [0.25, 0.3) is 0 Å². The third-order valence-corrected chi connectivity index (χ3v) is 2.35. The molecule has 0 radical (unpaired) electrons. The topological polar surface area (TPSA) is 21.3 Å². The highest BCUT2D eigenvalue weighted by atomic mass is 16.5. The van der Waals surface area contributed by atoms with Crippen LogP contribution >= 0.6 is 0 Å². The summed E-state index contributed by atoms with van der Waals surface area (Å²) >= 11 is 0. The number of ether oxygens (including phenoxy) is 1. The second-order valence-corrected chi connectivity index (χ2v) is 5.19. The quantitative estimate of drug-likeness (QED) is 0.640. The van der Waals surface area contributed by atoms with Crippen LogP contribution in [-0.4, -0.2) is 25.8 Å². The molecule has 1 unspecified atom stereocenters. The molecule has 0 aromatic carbocycles. The van der Waals surface area contributed by atoms with Gasteiger partial charge in [0.1, 0.15) is 0 Å². The predicted molar refractivity (Wildman–Crippen MR) is 62.6 cm³/mol. The van der Waals surface area contributed by atoms with Crippen LogP contribution in [0, 0.1) is 5.41 Å². The van der Waals surface area contributed by atoms with E-state index in [2.05, 4.69) is 39.9 Å². The van der Waals surface area contributed by atoms with Gasteiger partial charge < -0.3 is 10.1 Å². The SMILES string of the molecule is CCC(C)NCCOCCC(C)(C)C. The van der Waals surface area contributed by atoms with Crippen LogP contribution in [0.1, 0.15) is 47.5 Å². The maximum Gasteiger partial charge on any atom is 0.0591 e. The van der Waals surface area contributed by atoms with Gasteiger partial charge in [-0.15, -0.1) is 0 Å². The minimum absolute atomic E-state index is 0.393. The van der Waals surface area contributed by atoms with Crippen molar-refractivity contribution in [2.24, 2.45) is 5.41 Å². The third kappa shape index (κ3) is 10.0. The average molecular weight is 201 g/mol. The van der Waals surface area contributed by atoms with E-state index >= 15 is 0 Å². The molecule has 0 heterocycles. The highest BCUT2D eigenvalue weighted by molar-refractivity contribution is 4.60. The Labute approximate surface area is 89.4 Å². The Bertz CT molecular complexity index is 129. The van der Waals surface area contributed by atoms with Crippen molar-refractivity contribution in [2.45, 2.75) is 53.5 Å². The first-order valence-corrected chi connectivity index (χ1v) is 5.77. The highest BCUT2D eigenvalue weighted by Gasteiger charge is 2.08. The van der Waals surface area contributed by atoms with Gasteiger partial charge in [-0.1, -0.05) is 27.7 Å². The maximum absolute atomic E-state index is 5.54. The second-order valence-electron chi connectivity index (χ2n) is 5.19. The summed E-state index contributed by atoms with van der Waals surface area (Å²) in [6, 6.07) is 0.612. The summed E-state index contributed by atoms with van der Waals surface area (Å²) in [7, 11) is 0. The van der Waals surface area contributed by atoms with Crippen LogP contribution in [0.15, 0.2) is 0 Å². The van der Waals surface area contributed by atoms with Crippen LogP contribution in [0.5, 0.6) is 0 Å². The lowest BCUT2D eigenvalue weighted by molar-refractivity contribution is 0.108. The van der Waals surface area contributed by atoms with E-state index in [0.717, 1.165) is 26.2 Å². The van der Waals surface area contributed by atoms with Crippen LogP contribution in [0.4, 0.5) is 0 Å². The van der Waals surface area contributed by atoms with E-state index in [1.165, 1.54) is 6.42 Å². The molecule has 0 rings (SSSR count).